The Balaban J connectivity index is 1.40. The molecule has 46 heavy (non-hydrogen) atoms. The number of carbonyl (C=O) groups excluding carboxylic acids is 2. The summed E-state index contributed by atoms with van der Waals surface area (Å²) in [7, 11) is -3.95. The number of rotatable bonds is 16. The summed E-state index contributed by atoms with van der Waals surface area (Å²) in [5.41, 5.74) is 1.27. The molecule has 248 valence electrons. The highest BCUT2D eigenvalue weighted by Crippen LogP contribution is 2.48. The van der Waals surface area contributed by atoms with Gasteiger partial charge in [0.2, 0.25) is 5.95 Å². The Hall–Kier alpha value is -3.72. The van der Waals surface area contributed by atoms with Gasteiger partial charge in [-0.2, -0.15) is 28.1 Å². The molecule has 0 atom stereocenters. The maximum absolute atomic E-state index is 13.0. The molecule has 0 saturated heterocycles. The number of nitrogens with one attached hydrogen (secondary N) is 1. The number of ketones is 2. The Morgan fingerprint density at radius 2 is 1.63 bits per heavy atom. The van der Waals surface area contributed by atoms with Crippen LogP contribution in [0.1, 0.15) is 66.3 Å². The van der Waals surface area contributed by atoms with Crippen LogP contribution >= 0.6 is 11.6 Å². The molecule has 1 fully saturated rings. The van der Waals surface area contributed by atoms with Crippen LogP contribution in [-0.2, 0) is 26.6 Å². The Morgan fingerprint density at radius 1 is 0.978 bits per heavy atom. The van der Waals surface area contributed by atoms with E-state index in [1.165, 1.54) is 12.1 Å². The van der Waals surface area contributed by atoms with Crippen LogP contribution < -0.4 is 10.1 Å². The number of carbonyl (C=O) groups is 2. The van der Waals surface area contributed by atoms with Crippen molar-refractivity contribution in [2.75, 3.05) is 23.4 Å². The molecule has 0 amide bonds. The van der Waals surface area contributed by atoms with Crippen molar-refractivity contribution in [2.24, 2.45) is 0 Å². The highest BCUT2D eigenvalue weighted by Gasteiger charge is 2.45. The molecule has 9 nitrogen and oxygen atoms in total. The number of aromatic nitrogens is 3. The minimum atomic E-state index is -4.61. The topological polar surface area (TPSA) is 128 Å². The molecule has 1 aliphatic rings. The van der Waals surface area contributed by atoms with Crippen LogP contribution in [-0.4, -0.2) is 65.1 Å². The smallest absolute Gasteiger partial charge is 0.422 e. The monoisotopic (exact) mass is 688 g/mol. The number of benzene rings is 2. The molecule has 3 aromatic rings. The Bertz CT molecular complexity index is 1660. The first-order chi connectivity index (χ1) is 21.4. The van der Waals surface area contributed by atoms with Gasteiger partial charge in [-0.25, -0.2) is 17.2 Å². The third kappa shape index (κ3) is 11.0. The van der Waals surface area contributed by atoms with Gasteiger partial charge in [0.1, 0.15) is 11.6 Å². The van der Waals surface area contributed by atoms with Gasteiger partial charge in [0.15, 0.2) is 28.0 Å². The molecule has 16 heteroatoms. The third-order valence-electron chi connectivity index (χ3n) is 6.91. The Morgan fingerprint density at radius 3 is 2.22 bits per heavy atom. The van der Waals surface area contributed by atoms with Crippen molar-refractivity contribution in [3.63, 3.8) is 0 Å². The van der Waals surface area contributed by atoms with Crippen LogP contribution in [0.15, 0.2) is 48.5 Å². The lowest BCUT2D eigenvalue weighted by Gasteiger charge is -2.19. The van der Waals surface area contributed by atoms with E-state index in [9.17, 15) is 40.0 Å². The quantitative estimate of drug-likeness (QED) is 0.139. The molecular weight excluding hydrogens is 659 g/mol. The number of hydrogen-bond acceptors (Lipinski definition) is 9. The molecule has 1 heterocycles. The van der Waals surface area contributed by atoms with Gasteiger partial charge < -0.3 is 10.1 Å². The van der Waals surface area contributed by atoms with E-state index in [-0.39, 0.29) is 42.4 Å². The van der Waals surface area contributed by atoms with Gasteiger partial charge in [-0.3, -0.25) is 9.59 Å². The number of ether oxygens (including phenoxy) is 1. The lowest BCUT2D eigenvalue weighted by atomic mass is 10.0. The van der Waals surface area contributed by atoms with Gasteiger partial charge in [-0.15, -0.1) is 0 Å². The second kappa shape index (κ2) is 14.0. The van der Waals surface area contributed by atoms with Crippen molar-refractivity contribution < 1.29 is 44.7 Å². The average molecular weight is 689 g/mol. The van der Waals surface area contributed by atoms with Crippen molar-refractivity contribution in [1.82, 2.24) is 15.0 Å². The van der Waals surface area contributed by atoms with Crippen molar-refractivity contribution in [3.05, 3.63) is 76.1 Å². The molecule has 0 spiro atoms. The van der Waals surface area contributed by atoms with Gasteiger partial charge in [0, 0.05) is 23.4 Å². The second-order valence-electron chi connectivity index (χ2n) is 11.3. The highest BCUT2D eigenvalue weighted by molar-refractivity contribution is 7.92. The van der Waals surface area contributed by atoms with Crippen LogP contribution in [0.5, 0.6) is 6.01 Å². The van der Waals surface area contributed by atoms with Crippen molar-refractivity contribution in [2.45, 2.75) is 63.1 Å². The molecular formula is C30H30ClF5N4O5S. The van der Waals surface area contributed by atoms with Gasteiger partial charge >= 0.3 is 12.2 Å². The molecule has 1 N–H and O–H groups in total. The van der Waals surface area contributed by atoms with Crippen LogP contribution in [0.25, 0.3) is 0 Å². The predicted octanol–water partition coefficient (Wildman–Crippen LogP) is 6.15. The summed E-state index contributed by atoms with van der Waals surface area (Å²) >= 11 is 6.00. The fourth-order valence-electron chi connectivity index (χ4n) is 4.64. The molecule has 1 saturated carbocycles. The molecule has 0 radical (unpaired) electrons. The van der Waals surface area contributed by atoms with E-state index in [0.717, 1.165) is 18.4 Å². The van der Waals surface area contributed by atoms with Crippen molar-refractivity contribution in [1.29, 1.82) is 0 Å². The number of nitrogens with zero attached hydrogens (tertiary/aromatic N) is 3. The summed E-state index contributed by atoms with van der Waals surface area (Å²) in [6.07, 6.45) is -4.53. The molecule has 0 bridgehead atoms. The van der Waals surface area contributed by atoms with Gasteiger partial charge in [0.05, 0.1) is 17.7 Å². The molecule has 4 rings (SSSR count). The summed E-state index contributed by atoms with van der Waals surface area (Å²) < 4.78 is 93.5. The largest absolute Gasteiger partial charge is 0.454 e. The molecule has 1 aromatic heterocycles. The fraction of sp³-hybridized carbons (Fsp3) is 0.433. The first-order valence-corrected chi connectivity index (χ1v) is 16.3. The van der Waals surface area contributed by atoms with Gasteiger partial charge in [0.25, 0.3) is 5.92 Å². The highest BCUT2D eigenvalue weighted by atomic mass is 35.5. The minimum absolute atomic E-state index is 0.0291. The van der Waals surface area contributed by atoms with Gasteiger partial charge in [-0.1, -0.05) is 48.0 Å². The first-order valence-electron chi connectivity index (χ1n) is 14.1. The predicted molar refractivity (Wildman–Crippen MR) is 159 cm³/mol. The average Bonchev–Trinajstić information content (AvgIpc) is 3.71. The lowest BCUT2D eigenvalue weighted by molar-refractivity contribution is -0.154. The van der Waals surface area contributed by atoms with E-state index in [1.54, 1.807) is 24.3 Å². The van der Waals surface area contributed by atoms with Crippen molar-refractivity contribution >= 4 is 39.0 Å². The van der Waals surface area contributed by atoms with E-state index in [1.807, 2.05) is 12.1 Å². The lowest BCUT2D eigenvalue weighted by Crippen LogP contribution is -2.24. The molecule has 0 aliphatic heterocycles. The SMILES string of the molecule is CC(F)(F)CC(=O)CS(=O)(=O)CCCC(=O)c1ccc(Cc2nc(NC3(c4ccc(Cl)cc4)CC3)nc(OCC(F)(F)F)n2)cc1. The zero-order chi connectivity index (χ0) is 33.8. The normalized spacial score (nSPS) is 14.5. The van der Waals surface area contributed by atoms with Crippen LogP contribution in [0.2, 0.25) is 5.02 Å². The summed E-state index contributed by atoms with van der Waals surface area (Å²) in [6, 6.07) is 12.8. The van der Waals surface area contributed by atoms with E-state index < -0.39 is 63.8 Å². The van der Waals surface area contributed by atoms with E-state index in [4.69, 9.17) is 16.3 Å². The molecule has 0 unspecified atom stereocenters. The summed E-state index contributed by atoms with van der Waals surface area (Å²) in [6.45, 7) is -1.07. The summed E-state index contributed by atoms with van der Waals surface area (Å²) in [5.74, 6) is -6.16. The fourth-order valence-corrected chi connectivity index (χ4v) is 6.09. The van der Waals surface area contributed by atoms with E-state index >= 15 is 0 Å². The summed E-state index contributed by atoms with van der Waals surface area (Å²) in [5, 5.41) is 3.75. The van der Waals surface area contributed by atoms with Crippen LogP contribution in [0.4, 0.5) is 27.9 Å². The number of halogens is 6. The standard InChI is InChI=1S/C30H30ClF5N4O5S/c1-28(32,33)16-23(41)17-46(43,44)14-2-3-24(42)20-6-4-19(5-7-20)15-25-37-26(39-27(38-25)45-18-30(34,35)36)40-29(12-13-29)21-8-10-22(31)11-9-21/h4-11H,2-3,12-18H2,1H3,(H,37,38,39,40). The number of Topliss-reactive ketones (excluding diaryl/α,β-unsaturated/α-hetero) is 2. The van der Waals surface area contributed by atoms with Crippen molar-refractivity contribution in [3.8, 4) is 6.01 Å². The van der Waals surface area contributed by atoms with Gasteiger partial charge in [-0.05, 0) is 49.4 Å². The van der Waals surface area contributed by atoms with Crippen LogP contribution in [0.3, 0.4) is 0 Å². The Kier molecular flexibility index (Phi) is 10.7. The second-order valence-corrected chi connectivity index (χ2v) is 13.9. The molecule has 1 aliphatic carbocycles. The van der Waals surface area contributed by atoms with E-state index in [2.05, 4.69) is 20.3 Å². The summed E-state index contributed by atoms with van der Waals surface area (Å²) in [4.78, 5) is 36.7. The number of sulfone groups is 1. The number of alkyl halides is 5. The Labute approximate surface area is 266 Å². The maximum atomic E-state index is 13.0. The zero-order valence-electron chi connectivity index (χ0n) is 24.5. The third-order valence-corrected chi connectivity index (χ3v) is 8.83. The van der Waals surface area contributed by atoms with E-state index in [0.29, 0.717) is 17.5 Å². The van der Waals surface area contributed by atoms with Crippen LogP contribution in [0, 0.1) is 0 Å². The molecule has 2 aromatic carbocycles. The minimum Gasteiger partial charge on any atom is -0.454 e. The first kappa shape index (κ1) is 35.1. The zero-order valence-corrected chi connectivity index (χ0v) is 26.1. The number of hydrogen-bond donors (Lipinski definition) is 1. The number of anilines is 1. The maximum Gasteiger partial charge on any atom is 0.422 e.